The number of nitrogens with two attached hydrogens (primary N) is 2. The lowest BCUT2D eigenvalue weighted by atomic mass is 9.86. The molecule has 0 atom stereocenters. The second kappa shape index (κ2) is 6.91. The van der Waals surface area contributed by atoms with E-state index in [1.54, 1.807) is 6.07 Å². The predicted octanol–water partition coefficient (Wildman–Crippen LogP) is 1.67. The zero-order chi connectivity index (χ0) is 17.0. The van der Waals surface area contributed by atoms with Gasteiger partial charge in [0.1, 0.15) is 5.70 Å². The molecule has 0 radical (unpaired) electrons. The standard InChI is InChI=1S/C15H19F3N4O/c16-15(17,18)12-4-2-1-3-11(12)10-5-7-22(8-6-10)14(23)13(9-19)21-20/h1-4,9-10,21H,5-8,19-20H2/b13-9-. The van der Waals surface area contributed by atoms with E-state index in [4.69, 9.17) is 11.6 Å². The van der Waals surface area contributed by atoms with Crippen molar-refractivity contribution in [1.82, 2.24) is 10.3 Å². The summed E-state index contributed by atoms with van der Waals surface area (Å²) in [7, 11) is 0. The Hall–Kier alpha value is -2.22. The summed E-state index contributed by atoms with van der Waals surface area (Å²) in [6.07, 6.45) is -2.38. The number of rotatable bonds is 3. The van der Waals surface area contributed by atoms with Gasteiger partial charge in [-0.1, -0.05) is 18.2 Å². The summed E-state index contributed by atoms with van der Waals surface area (Å²) >= 11 is 0. The predicted molar refractivity (Wildman–Crippen MR) is 79.6 cm³/mol. The molecule has 5 N–H and O–H groups in total. The van der Waals surface area contributed by atoms with Crippen molar-refractivity contribution in [3.8, 4) is 0 Å². The highest BCUT2D eigenvalue weighted by Gasteiger charge is 2.36. The molecule has 1 fully saturated rings. The fraction of sp³-hybridized carbons (Fsp3) is 0.400. The van der Waals surface area contributed by atoms with Crippen LogP contribution < -0.4 is 17.0 Å². The molecule has 1 aromatic carbocycles. The first-order valence-electron chi connectivity index (χ1n) is 7.22. The fourth-order valence-corrected chi connectivity index (χ4v) is 2.86. The van der Waals surface area contributed by atoms with Crippen LogP contribution in [0.3, 0.4) is 0 Å². The number of hydrogen-bond donors (Lipinski definition) is 3. The van der Waals surface area contributed by atoms with E-state index in [1.807, 2.05) is 0 Å². The molecule has 23 heavy (non-hydrogen) atoms. The molecular weight excluding hydrogens is 309 g/mol. The quantitative estimate of drug-likeness (QED) is 0.448. The molecule has 126 valence electrons. The van der Waals surface area contributed by atoms with Crippen molar-refractivity contribution >= 4 is 5.91 Å². The lowest BCUT2D eigenvalue weighted by molar-refractivity contribution is -0.138. The maximum atomic E-state index is 13.1. The van der Waals surface area contributed by atoms with Gasteiger partial charge >= 0.3 is 6.18 Å². The van der Waals surface area contributed by atoms with Crippen molar-refractivity contribution < 1.29 is 18.0 Å². The number of carbonyl (C=O) groups excluding carboxylic acids is 1. The van der Waals surface area contributed by atoms with Gasteiger partial charge in [0.25, 0.3) is 5.91 Å². The first-order valence-corrected chi connectivity index (χ1v) is 7.22. The number of amides is 1. The van der Waals surface area contributed by atoms with Gasteiger partial charge in [0.05, 0.1) is 5.56 Å². The van der Waals surface area contributed by atoms with Crippen molar-refractivity contribution in [2.24, 2.45) is 11.6 Å². The molecule has 1 aliphatic heterocycles. The molecule has 0 aliphatic carbocycles. The normalized spacial score (nSPS) is 17.2. The molecule has 0 bridgehead atoms. The van der Waals surface area contributed by atoms with Crippen LogP contribution in [0.15, 0.2) is 36.2 Å². The van der Waals surface area contributed by atoms with E-state index >= 15 is 0 Å². The highest BCUT2D eigenvalue weighted by Crippen LogP contribution is 2.38. The number of benzene rings is 1. The minimum absolute atomic E-state index is 0.0686. The number of likely N-dealkylation sites (tertiary alicyclic amines) is 1. The van der Waals surface area contributed by atoms with Crippen molar-refractivity contribution in [3.05, 3.63) is 47.3 Å². The van der Waals surface area contributed by atoms with Crippen LogP contribution in [0.25, 0.3) is 0 Å². The van der Waals surface area contributed by atoms with E-state index in [1.165, 1.54) is 17.0 Å². The van der Waals surface area contributed by atoms with Crippen LogP contribution in [0.4, 0.5) is 13.2 Å². The van der Waals surface area contributed by atoms with E-state index in [0.717, 1.165) is 12.3 Å². The van der Waals surface area contributed by atoms with Gasteiger partial charge in [0.15, 0.2) is 0 Å². The molecule has 8 heteroatoms. The topological polar surface area (TPSA) is 84.4 Å². The Bertz CT molecular complexity index is 593. The fourth-order valence-electron chi connectivity index (χ4n) is 2.86. The minimum atomic E-state index is -4.37. The van der Waals surface area contributed by atoms with Crippen LogP contribution in [-0.2, 0) is 11.0 Å². The van der Waals surface area contributed by atoms with Gasteiger partial charge in [0, 0.05) is 19.3 Å². The first kappa shape index (κ1) is 17.1. The number of carbonyl (C=O) groups is 1. The molecule has 1 heterocycles. The van der Waals surface area contributed by atoms with E-state index < -0.39 is 11.7 Å². The average molecular weight is 328 g/mol. The third-order valence-corrected chi connectivity index (χ3v) is 4.04. The molecule has 0 aromatic heterocycles. The Labute approximate surface area is 132 Å². The number of hydrazine groups is 1. The van der Waals surface area contributed by atoms with E-state index in [2.05, 4.69) is 5.43 Å². The van der Waals surface area contributed by atoms with Crippen molar-refractivity contribution in [1.29, 1.82) is 0 Å². The largest absolute Gasteiger partial charge is 0.416 e. The monoisotopic (exact) mass is 328 g/mol. The third kappa shape index (κ3) is 3.76. The number of alkyl halides is 3. The van der Waals surface area contributed by atoms with Gasteiger partial charge in [-0.25, -0.2) is 0 Å². The summed E-state index contributed by atoms with van der Waals surface area (Å²) in [6, 6.07) is 5.60. The van der Waals surface area contributed by atoms with Crippen molar-refractivity contribution in [2.75, 3.05) is 13.1 Å². The smallest absolute Gasteiger partial charge is 0.403 e. The molecule has 1 saturated heterocycles. The molecule has 0 saturated carbocycles. The van der Waals surface area contributed by atoms with Gasteiger partial charge in [-0.2, -0.15) is 13.2 Å². The van der Waals surface area contributed by atoms with Crippen LogP contribution in [-0.4, -0.2) is 23.9 Å². The highest BCUT2D eigenvalue weighted by atomic mass is 19.4. The van der Waals surface area contributed by atoms with Gasteiger partial charge < -0.3 is 16.1 Å². The molecule has 2 rings (SSSR count). The van der Waals surface area contributed by atoms with Crippen LogP contribution in [0.5, 0.6) is 0 Å². The van der Waals surface area contributed by atoms with Crippen LogP contribution in [0.2, 0.25) is 0 Å². The van der Waals surface area contributed by atoms with E-state index in [9.17, 15) is 18.0 Å². The molecule has 0 unspecified atom stereocenters. The Balaban J connectivity index is 2.10. The second-order valence-corrected chi connectivity index (χ2v) is 5.38. The molecule has 0 spiro atoms. The SMILES string of the molecule is N/C=C(\NN)C(=O)N1CCC(c2ccccc2C(F)(F)F)CC1. The zero-order valence-corrected chi connectivity index (χ0v) is 12.4. The number of nitrogens with one attached hydrogen (secondary N) is 1. The summed E-state index contributed by atoms with van der Waals surface area (Å²) in [5.74, 6) is 4.63. The molecule has 1 aliphatic rings. The van der Waals surface area contributed by atoms with E-state index in [-0.39, 0.29) is 17.5 Å². The number of piperidine rings is 1. The van der Waals surface area contributed by atoms with E-state index in [0.29, 0.717) is 31.5 Å². The summed E-state index contributed by atoms with van der Waals surface area (Å²) in [5, 5.41) is 0. The summed E-state index contributed by atoms with van der Waals surface area (Å²) < 4.78 is 39.3. The zero-order valence-electron chi connectivity index (χ0n) is 12.4. The Morgan fingerprint density at radius 1 is 1.26 bits per heavy atom. The number of hydrogen-bond acceptors (Lipinski definition) is 4. The first-order chi connectivity index (χ1) is 10.9. The molecular formula is C15H19F3N4O. The summed E-state index contributed by atoms with van der Waals surface area (Å²) in [6.45, 7) is 0.712. The number of nitrogens with zero attached hydrogens (tertiary/aromatic N) is 1. The highest BCUT2D eigenvalue weighted by molar-refractivity contribution is 5.92. The molecule has 1 aromatic rings. The van der Waals surface area contributed by atoms with Gasteiger partial charge in [-0.05, 0) is 30.4 Å². The molecule has 1 amide bonds. The van der Waals surface area contributed by atoms with Gasteiger partial charge in [-0.15, -0.1) is 0 Å². The third-order valence-electron chi connectivity index (χ3n) is 4.04. The van der Waals surface area contributed by atoms with Crippen molar-refractivity contribution in [2.45, 2.75) is 24.9 Å². The lowest BCUT2D eigenvalue weighted by Crippen LogP contribution is -2.43. The van der Waals surface area contributed by atoms with Gasteiger partial charge in [0.2, 0.25) is 0 Å². The number of halogens is 3. The van der Waals surface area contributed by atoms with Crippen molar-refractivity contribution in [3.63, 3.8) is 0 Å². The lowest BCUT2D eigenvalue weighted by Gasteiger charge is -2.33. The van der Waals surface area contributed by atoms with Crippen LogP contribution >= 0.6 is 0 Å². The molecule has 5 nitrogen and oxygen atoms in total. The van der Waals surface area contributed by atoms with Gasteiger partial charge in [-0.3, -0.25) is 10.6 Å². The van der Waals surface area contributed by atoms with Crippen LogP contribution in [0, 0.1) is 0 Å². The second-order valence-electron chi connectivity index (χ2n) is 5.38. The maximum Gasteiger partial charge on any atom is 0.416 e. The Kier molecular flexibility index (Phi) is 5.15. The summed E-state index contributed by atoms with van der Waals surface area (Å²) in [5.41, 5.74) is 7.27. The van der Waals surface area contributed by atoms with Crippen LogP contribution in [0.1, 0.15) is 29.9 Å². The minimum Gasteiger partial charge on any atom is -0.403 e. The Morgan fingerprint density at radius 2 is 1.87 bits per heavy atom. The average Bonchev–Trinajstić information content (AvgIpc) is 2.55. The maximum absolute atomic E-state index is 13.1. The summed E-state index contributed by atoms with van der Waals surface area (Å²) in [4.78, 5) is 13.6. The Morgan fingerprint density at radius 3 is 2.39 bits per heavy atom.